The summed E-state index contributed by atoms with van der Waals surface area (Å²) in [5.74, 6) is -3.32. The van der Waals surface area contributed by atoms with Crippen molar-refractivity contribution in [2.75, 3.05) is 0 Å². The fourth-order valence-electron chi connectivity index (χ4n) is 8.29. The number of rotatable bonds is 3. The fourth-order valence-corrected chi connectivity index (χ4v) is 8.81. The molecule has 0 amide bonds. The summed E-state index contributed by atoms with van der Waals surface area (Å²) in [6, 6.07) is 0. The van der Waals surface area contributed by atoms with Crippen molar-refractivity contribution >= 4 is 29.5 Å². The smallest absolute Gasteiger partial charge is 0.310 e. The molecule has 0 saturated heterocycles. The van der Waals surface area contributed by atoms with Crippen LogP contribution in [0.15, 0.2) is 36.0 Å². The average Bonchev–Trinajstić information content (AvgIpc) is 2.97. The zero-order chi connectivity index (χ0) is 25.7. The van der Waals surface area contributed by atoms with E-state index in [-0.39, 0.29) is 18.4 Å². The van der Waals surface area contributed by atoms with Gasteiger partial charge in [-0.2, -0.15) is 0 Å². The number of carbonyl (C=O) groups is 3. The molecule has 5 rings (SSSR count). The molecular weight excluding hydrogens is 474 g/mol. The Morgan fingerprint density at radius 2 is 1.89 bits per heavy atom. The predicted molar refractivity (Wildman–Crippen MR) is 128 cm³/mol. The number of carbonyl (C=O) groups excluding carboxylic acids is 3. The van der Waals surface area contributed by atoms with Crippen molar-refractivity contribution < 1.29 is 33.0 Å². The minimum absolute atomic E-state index is 0.0469. The molecule has 0 radical (unpaired) electrons. The Hall–Kier alpha value is -1.80. The summed E-state index contributed by atoms with van der Waals surface area (Å²) < 4.78 is 38.9. The molecule has 5 nitrogen and oxygen atoms in total. The van der Waals surface area contributed by atoms with Crippen LogP contribution in [0.5, 0.6) is 0 Å². The first-order valence-corrected chi connectivity index (χ1v) is 12.8. The van der Waals surface area contributed by atoms with Crippen LogP contribution in [0.3, 0.4) is 0 Å². The second kappa shape index (κ2) is 7.60. The van der Waals surface area contributed by atoms with Gasteiger partial charge in [-0.05, 0) is 62.7 Å². The Morgan fingerprint density at radius 3 is 2.49 bits per heavy atom. The van der Waals surface area contributed by atoms with E-state index in [1.165, 1.54) is 19.1 Å². The van der Waals surface area contributed by atoms with Crippen LogP contribution < -0.4 is 0 Å². The molecule has 190 valence electrons. The first-order valence-electron chi connectivity index (χ1n) is 12.3. The van der Waals surface area contributed by atoms with Crippen LogP contribution in [0.25, 0.3) is 0 Å². The minimum Gasteiger partial charge on any atom is -0.449 e. The maximum atomic E-state index is 17.3. The van der Waals surface area contributed by atoms with Crippen molar-refractivity contribution in [1.82, 2.24) is 0 Å². The normalized spacial score (nSPS) is 48.9. The monoisotopic (exact) mass is 506 g/mol. The Labute approximate surface area is 209 Å². The number of fused-ring (bicyclic) bond motifs is 5. The molecule has 0 bridgehead atoms. The van der Waals surface area contributed by atoms with Gasteiger partial charge in [0.25, 0.3) is 0 Å². The third-order valence-corrected chi connectivity index (χ3v) is 10.5. The lowest BCUT2D eigenvalue weighted by Crippen LogP contribution is -2.70. The second-order valence-corrected chi connectivity index (χ2v) is 12.2. The van der Waals surface area contributed by atoms with Crippen LogP contribution in [0.4, 0.5) is 8.78 Å². The molecule has 1 N–H and O–H groups in total. The number of aliphatic hydroxyl groups is 1. The number of allylic oxidation sites excluding steroid dienone is 5. The largest absolute Gasteiger partial charge is 0.449 e. The van der Waals surface area contributed by atoms with Gasteiger partial charge in [0.2, 0.25) is 5.12 Å². The van der Waals surface area contributed by atoms with Gasteiger partial charge < -0.3 is 9.84 Å². The summed E-state index contributed by atoms with van der Waals surface area (Å²) in [7, 11) is 0. The Morgan fingerprint density at radius 1 is 1.23 bits per heavy atom. The third-order valence-electron chi connectivity index (χ3n) is 10.2. The number of aliphatic hydroxyl groups excluding tert-OH is 1. The van der Waals surface area contributed by atoms with Gasteiger partial charge in [-0.3, -0.25) is 14.4 Å². The molecule has 4 fully saturated rings. The van der Waals surface area contributed by atoms with E-state index in [1.54, 1.807) is 13.8 Å². The number of esters is 1. The standard InChI is InChI=1S/C27H32F2O5S/c1-13-7-15(8-13)22(32)34-27(23(33)35)14(2)9-17-18-11-20(28)19-10-16(30)5-6-24(19,3)26(18,29)21(31)12-25(17,27)4/h5-6,10,14-15,17-18,20-21,31H,1,7-9,11-12H2,2-4H3,(H,33,35)/t14?,17-,18-,20?,21?,24-,25-,26?,27?/m0/s1. The molecule has 0 aromatic carbocycles. The molecule has 0 spiro atoms. The summed E-state index contributed by atoms with van der Waals surface area (Å²) >= 11 is 4.16. The van der Waals surface area contributed by atoms with Gasteiger partial charge >= 0.3 is 5.97 Å². The molecule has 5 unspecified atom stereocenters. The molecule has 0 aromatic rings. The summed E-state index contributed by atoms with van der Waals surface area (Å²) in [5, 5.41) is 10.8. The van der Waals surface area contributed by atoms with Gasteiger partial charge in [-0.25, -0.2) is 8.78 Å². The minimum atomic E-state index is -2.26. The van der Waals surface area contributed by atoms with Gasteiger partial charge in [0.15, 0.2) is 17.1 Å². The summed E-state index contributed by atoms with van der Waals surface area (Å²) in [4.78, 5) is 38.2. The van der Waals surface area contributed by atoms with E-state index < -0.39 is 74.9 Å². The SMILES string of the molecule is C=C1CC(C(=O)OC2(C(=O)S)C(C)C[C@H]3[C@@H]4CC(F)C5=CC(=O)C=C[C@]5(C)C4(F)C(O)C[C@@]32C)C1. The molecule has 0 aromatic heterocycles. The first kappa shape index (κ1) is 24.9. The molecular formula is C27H32F2O5S. The molecule has 0 aliphatic heterocycles. The van der Waals surface area contributed by atoms with E-state index in [4.69, 9.17) is 4.74 Å². The highest BCUT2D eigenvalue weighted by atomic mass is 32.1. The van der Waals surface area contributed by atoms with E-state index in [2.05, 4.69) is 19.2 Å². The van der Waals surface area contributed by atoms with Crippen LogP contribution in [0.1, 0.15) is 52.9 Å². The molecule has 4 saturated carbocycles. The van der Waals surface area contributed by atoms with Crippen molar-refractivity contribution in [1.29, 1.82) is 0 Å². The number of hydrogen-bond donors (Lipinski definition) is 2. The lowest BCUT2D eigenvalue weighted by atomic mass is 9.44. The highest BCUT2D eigenvalue weighted by Gasteiger charge is 2.78. The molecule has 35 heavy (non-hydrogen) atoms. The average molecular weight is 507 g/mol. The molecule has 5 aliphatic rings. The predicted octanol–water partition coefficient (Wildman–Crippen LogP) is 4.26. The molecule has 8 heteroatoms. The Bertz CT molecular complexity index is 1090. The van der Waals surface area contributed by atoms with Gasteiger partial charge in [0.1, 0.15) is 6.17 Å². The molecule has 9 atom stereocenters. The maximum absolute atomic E-state index is 17.3. The number of alkyl halides is 2. The van der Waals surface area contributed by atoms with Crippen molar-refractivity contribution in [2.45, 2.75) is 76.4 Å². The van der Waals surface area contributed by atoms with Crippen molar-refractivity contribution in [3.63, 3.8) is 0 Å². The lowest BCUT2D eigenvalue weighted by molar-refractivity contribution is -0.230. The fraction of sp³-hybridized carbons (Fsp3) is 0.667. The zero-order valence-electron chi connectivity index (χ0n) is 20.2. The van der Waals surface area contributed by atoms with E-state index in [9.17, 15) is 19.5 Å². The summed E-state index contributed by atoms with van der Waals surface area (Å²) in [5.41, 5.74) is -5.60. The van der Waals surface area contributed by atoms with Gasteiger partial charge in [0.05, 0.1) is 12.0 Å². The maximum Gasteiger partial charge on any atom is 0.310 e. The van der Waals surface area contributed by atoms with Crippen molar-refractivity contribution in [2.24, 2.45) is 34.5 Å². The zero-order valence-corrected chi connectivity index (χ0v) is 21.1. The van der Waals surface area contributed by atoms with E-state index in [0.717, 1.165) is 11.6 Å². The Balaban J connectivity index is 1.59. The summed E-state index contributed by atoms with van der Waals surface area (Å²) in [6.07, 6.45) is 1.53. The first-order chi connectivity index (χ1) is 16.2. The third kappa shape index (κ3) is 2.93. The van der Waals surface area contributed by atoms with Crippen molar-refractivity contribution in [3.05, 3.63) is 36.0 Å². The van der Waals surface area contributed by atoms with Crippen LogP contribution in [-0.4, -0.2) is 45.5 Å². The number of thiol groups is 1. The highest BCUT2D eigenvalue weighted by Crippen LogP contribution is 2.72. The van der Waals surface area contributed by atoms with E-state index in [1.807, 2.05) is 0 Å². The topological polar surface area (TPSA) is 80.7 Å². The number of halogens is 2. The number of hydrogen-bond acceptors (Lipinski definition) is 5. The number of ether oxygens (including phenoxy) is 1. The molecule has 0 heterocycles. The lowest BCUT2D eigenvalue weighted by Gasteiger charge is -2.63. The van der Waals surface area contributed by atoms with Crippen LogP contribution in [0.2, 0.25) is 0 Å². The van der Waals surface area contributed by atoms with Crippen molar-refractivity contribution in [3.8, 4) is 0 Å². The quantitative estimate of drug-likeness (QED) is 0.340. The second-order valence-electron chi connectivity index (χ2n) is 11.8. The van der Waals surface area contributed by atoms with Gasteiger partial charge in [-0.15, -0.1) is 12.6 Å². The Kier molecular flexibility index (Phi) is 5.40. The van der Waals surface area contributed by atoms with E-state index >= 15 is 8.78 Å². The van der Waals surface area contributed by atoms with Crippen LogP contribution >= 0.6 is 12.6 Å². The number of ketones is 1. The summed E-state index contributed by atoms with van der Waals surface area (Å²) in [6.45, 7) is 8.91. The highest BCUT2D eigenvalue weighted by molar-refractivity contribution is 7.96. The van der Waals surface area contributed by atoms with Gasteiger partial charge in [-0.1, -0.05) is 32.1 Å². The van der Waals surface area contributed by atoms with E-state index in [0.29, 0.717) is 19.3 Å². The van der Waals surface area contributed by atoms with Crippen LogP contribution in [0, 0.1) is 34.5 Å². The molecule has 5 aliphatic carbocycles. The van der Waals surface area contributed by atoms with Crippen LogP contribution in [-0.2, 0) is 19.1 Å². The van der Waals surface area contributed by atoms with Gasteiger partial charge in [0, 0.05) is 22.7 Å².